The van der Waals surface area contributed by atoms with Gasteiger partial charge in [-0.15, -0.1) is 0 Å². The van der Waals surface area contributed by atoms with Gasteiger partial charge in [0.05, 0.1) is 16.5 Å². The first-order valence-corrected chi connectivity index (χ1v) is 9.54. The minimum Gasteiger partial charge on any atom is -0.310 e. The summed E-state index contributed by atoms with van der Waals surface area (Å²) in [5.41, 5.74) is 2.24. The fourth-order valence-electron chi connectivity index (χ4n) is 3.63. The Kier molecular flexibility index (Phi) is 5.32. The SMILES string of the molecule is O=C(Nc1ccc(Cl)cn1)[C@@H]1CCCN(Cc2cccc3cccnc23)C1. The number of anilines is 1. The first kappa shape index (κ1) is 17.9. The van der Waals surface area contributed by atoms with Gasteiger partial charge in [-0.25, -0.2) is 4.98 Å². The summed E-state index contributed by atoms with van der Waals surface area (Å²) in [6, 6.07) is 13.8. The van der Waals surface area contributed by atoms with Gasteiger partial charge in [-0.1, -0.05) is 35.9 Å². The van der Waals surface area contributed by atoms with E-state index in [9.17, 15) is 4.79 Å². The number of rotatable bonds is 4. The number of nitrogens with one attached hydrogen (secondary N) is 1. The highest BCUT2D eigenvalue weighted by Gasteiger charge is 2.26. The Labute approximate surface area is 163 Å². The number of amides is 1. The Bertz CT molecular complexity index is 939. The number of halogens is 1. The molecule has 1 aliphatic heterocycles. The maximum Gasteiger partial charge on any atom is 0.229 e. The van der Waals surface area contributed by atoms with Crippen LogP contribution < -0.4 is 5.32 Å². The highest BCUT2D eigenvalue weighted by atomic mass is 35.5. The van der Waals surface area contributed by atoms with Crippen molar-refractivity contribution in [2.75, 3.05) is 18.4 Å². The molecule has 0 unspecified atom stereocenters. The molecule has 0 radical (unpaired) electrons. The van der Waals surface area contributed by atoms with Gasteiger partial charge >= 0.3 is 0 Å². The van der Waals surface area contributed by atoms with Gasteiger partial charge in [-0.2, -0.15) is 0 Å². The second-order valence-corrected chi connectivity index (χ2v) is 7.35. The number of benzene rings is 1. The molecule has 6 heteroatoms. The van der Waals surface area contributed by atoms with Crippen molar-refractivity contribution in [3.8, 4) is 0 Å². The lowest BCUT2D eigenvalue weighted by Gasteiger charge is -2.32. The van der Waals surface area contributed by atoms with Crippen molar-refractivity contribution in [1.29, 1.82) is 0 Å². The number of hydrogen-bond donors (Lipinski definition) is 1. The van der Waals surface area contributed by atoms with Crippen molar-refractivity contribution in [2.45, 2.75) is 19.4 Å². The third-order valence-corrected chi connectivity index (χ3v) is 5.19. The zero-order chi connectivity index (χ0) is 18.6. The number of carbonyl (C=O) groups excluding carboxylic acids is 1. The lowest BCUT2D eigenvalue weighted by molar-refractivity contribution is -0.121. The number of aromatic nitrogens is 2. The van der Waals surface area contributed by atoms with E-state index in [-0.39, 0.29) is 11.8 Å². The Morgan fingerprint density at radius 3 is 2.93 bits per heavy atom. The maximum absolute atomic E-state index is 12.6. The van der Waals surface area contributed by atoms with Crippen LogP contribution in [0.4, 0.5) is 5.82 Å². The molecule has 3 aromatic rings. The van der Waals surface area contributed by atoms with E-state index >= 15 is 0 Å². The summed E-state index contributed by atoms with van der Waals surface area (Å²) < 4.78 is 0. The van der Waals surface area contributed by atoms with Gasteiger partial charge < -0.3 is 5.32 Å². The minimum absolute atomic E-state index is 0.0190. The normalized spacial score (nSPS) is 17.7. The zero-order valence-electron chi connectivity index (χ0n) is 14.9. The van der Waals surface area contributed by atoms with E-state index in [2.05, 4.69) is 44.5 Å². The molecule has 1 aliphatic rings. The van der Waals surface area contributed by atoms with Crippen LogP contribution in [-0.2, 0) is 11.3 Å². The van der Waals surface area contributed by atoms with E-state index in [0.717, 1.165) is 43.4 Å². The largest absolute Gasteiger partial charge is 0.310 e. The Morgan fingerprint density at radius 1 is 1.19 bits per heavy atom. The molecule has 0 spiro atoms. The van der Waals surface area contributed by atoms with E-state index in [1.807, 2.05) is 12.3 Å². The van der Waals surface area contributed by atoms with E-state index in [1.54, 1.807) is 12.1 Å². The van der Waals surface area contributed by atoms with Crippen molar-refractivity contribution >= 4 is 34.2 Å². The van der Waals surface area contributed by atoms with Gasteiger partial charge in [0.25, 0.3) is 0 Å². The summed E-state index contributed by atoms with van der Waals surface area (Å²) >= 11 is 5.85. The quantitative estimate of drug-likeness (QED) is 0.739. The van der Waals surface area contributed by atoms with Crippen molar-refractivity contribution in [3.63, 3.8) is 0 Å². The zero-order valence-corrected chi connectivity index (χ0v) is 15.7. The second kappa shape index (κ2) is 8.03. The molecule has 1 amide bonds. The molecule has 3 heterocycles. The van der Waals surface area contributed by atoms with Crippen molar-refractivity contribution in [2.24, 2.45) is 5.92 Å². The molecule has 1 fully saturated rings. The van der Waals surface area contributed by atoms with Crippen LogP contribution >= 0.6 is 11.6 Å². The predicted octanol–water partition coefficient (Wildman–Crippen LogP) is 4.13. The summed E-state index contributed by atoms with van der Waals surface area (Å²) in [7, 11) is 0. The standard InChI is InChI=1S/C21H21ClN4O/c22-18-8-9-19(24-12-18)25-21(27)17-7-3-11-26(14-17)13-16-5-1-4-15-6-2-10-23-20(15)16/h1-2,4-6,8-10,12,17H,3,7,11,13-14H2,(H,24,25,27)/t17-/m1/s1. The van der Waals surface area contributed by atoms with Crippen LogP contribution in [0.1, 0.15) is 18.4 Å². The predicted molar refractivity (Wildman–Crippen MR) is 108 cm³/mol. The molecule has 2 aromatic heterocycles. The maximum atomic E-state index is 12.6. The topological polar surface area (TPSA) is 58.1 Å². The summed E-state index contributed by atoms with van der Waals surface area (Å²) in [6.07, 6.45) is 5.27. The molecule has 0 bridgehead atoms. The van der Waals surface area contributed by atoms with Crippen LogP contribution in [0.15, 0.2) is 54.9 Å². The number of para-hydroxylation sites is 1. The molecule has 0 saturated carbocycles. The van der Waals surface area contributed by atoms with Crippen LogP contribution in [0.2, 0.25) is 5.02 Å². The van der Waals surface area contributed by atoms with Gasteiger partial charge in [0.15, 0.2) is 0 Å². The first-order chi connectivity index (χ1) is 13.2. The van der Waals surface area contributed by atoms with Crippen LogP contribution in [-0.4, -0.2) is 33.9 Å². The van der Waals surface area contributed by atoms with Crippen LogP contribution in [0.25, 0.3) is 10.9 Å². The summed E-state index contributed by atoms with van der Waals surface area (Å²) in [5, 5.41) is 4.61. The number of piperidine rings is 1. The molecule has 4 rings (SSSR count). The average Bonchev–Trinajstić information content (AvgIpc) is 2.70. The lowest BCUT2D eigenvalue weighted by atomic mass is 9.96. The van der Waals surface area contributed by atoms with Crippen LogP contribution in [0, 0.1) is 5.92 Å². The number of carbonyl (C=O) groups is 1. The fraction of sp³-hybridized carbons (Fsp3) is 0.286. The number of fused-ring (bicyclic) bond motifs is 1. The third kappa shape index (κ3) is 4.26. The number of likely N-dealkylation sites (tertiary alicyclic amines) is 1. The van der Waals surface area contributed by atoms with Crippen molar-refractivity contribution in [3.05, 3.63) is 65.4 Å². The second-order valence-electron chi connectivity index (χ2n) is 6.92. The van der Waals surface area contributed by atoms with Crippen molar-refractivity contribution < 1.29 is 4.79 Å². The lowest BCUT2D eigenvalue weighted by Crippen LogP contribution is -2.40. The molecule has 1 aromatic carbocycles. The Morgan fingerprint density at radius 2 is 2.07 bits per heavy atom. The molecule has 138 valence electrons. The van der Waals surface area contributed by atoms with Crippen molar-refractivity contribution in [1.82, 2.24) is 14.9 Å². The summed E-state index contributed by atoms with van der Waals surface area (Å²) in [4.78, 5) is 23.7. The molecule has 0 aliphatic carbocycles. The Balaban J connectivity index is 1.43. The molecular weight excluding hydrogens is 360 g/mol. The van der Waals surface area contributed by atoms with Crippen LogP contribution in [0.5, 0.6) is 0 Å². The molecule has 1 saturated heterocycles. The van der Waals surface area contributed by atoms with E-state index < -0.39 is 0 Å². The van der Waals surface area contributed by atoms with Gasteiger partial charge in [0.1, 0.15) is 5.82 Å². The Hall–Kier alpha value is -2.50. The highest BCUT2D eigenvalue weighted by Crippen LogP contribution is 2.23. The van der Waals surface area contributed by atoms with E-state index in [1.165, 1.54) is 11.8 Å². The van der Waals surface area contributed by atoms with Gasteiger partial charge in [-0.3, -0.25) is 14.7 Å². The van der Waals surface area contributed by atoms with Gasteiger partial charge in [0.2, 0.25) is 5.91 Å². The highest BCUT2D eigenvalue weighted by molar-refractivity contribution is 6.30. The van der Waals surface area contributed by atoms with E-state index in [0.29, 0.717) is 10.8 Å². The molecule has 1 N–H and O–H groups in total. The molecular formula is C21H21ClN4O. The third-order valence-electron chi connectivity index (χ3n) is 4.97. The van der Waals surface area contributed by atoms with E-state index in [4.69, 9.17) is 11.6 Å². The van der Waals surface area contributed by atoms with Gasteiger partial charge in [0, 0.05) is 30.9 Å². The molecule has 1 atom stereocenters. The number of nitrogens with zero attached hydrogens (tertiary/aromatic N) is 3. The monoisotopic (exact) mass is 380 g/mol. The molecule has 27 heavy (non-hydrogen) atoms. The summed E-state index contributed by atoms with van der Waals surface area (Å²) in [6.45, 7) is 2.53. The summed E-state index contributed by atoms with van der Waals surface area (Å²) in [5.74, 6) is 0.518. The number of hydrogen-bond acceptors (Lipinski definition) is 4. The fourth-order valence-corrected chi connectivity index (χ4v) is 3.74. The molecule has 5 nitrogen and oxygen atoms in total. The van der Waals surface area contributed by atoms with Crippen LogP contribution in [0.3, 0.4) is 0 Å². The minimum atomic E-state index is -0.0424. The number of pyridine rings is 2. The first-order valence-electron chi connectivity index (χ1n) is 9.16. The smallest absolute Gasteiger partial charge is 0.229 e. The van der Waals surface area contributed by atoms with Gasteiger partial charge in [-0.05, 0) is 43.1 Å². The average molecular weight is 381 g/mol.